The van der Waals surface area contributed by atoms with Crippen LogP contribution in [0.3, 0.4) is 0 Å². The lowest BCUT2D eigenvalue weighted by atomic mass is 9.84. The van der Waals surface area contributed by atoms with Crippen LogP contribution in [-0.2, 0) is 0 Å². The molecule has 0 atom stereocenters. The molecule has 1 aliphatic carbocycles. The molecule has 0 amide bonds. The van der Waals surface area contributed by atoms with Crippen molar-refractivity contribution in [1.82, 2.24) is 0 Å². The van der Waals surface area contributed by atoms with Crippen LogP contribution in [0.5, 0.6) is 11.5 Å². The van der Waals surface area contributed by atoms with Crippen LogP contribution < -0.4 is 0 Å². The summed E-state index contributed by atoms with van der Waals surface area (Å²) in [6.07, 6.45) is 0. The van der Waals surface area contributed by atoms with Crippen molar-refractivity contribution in [3.8, 4) is 11.5 Å². The number of rotatable bonds is 2. The molecule has 0 bridgehead atoms. The van der Waals surface area contributed by atoms with Gasteiger partial charge in [-0.1, -0.05) is 27.7 Å². The SMILES string of the molecule is O=C1c2ccc(Sc3ccc(Br)cc3)cc2C(=O)c2cc(O)c(O)cc21. The molecular formula is C20H11BrO4S. The van der Waals surface area contributed by atoms with E-state index in [1.165, 1.54) is 11.8 Å². The Hall–Kier alpha value is -2.57. The molecule has 128 valence electrons. The van der Waals surface area contributed by atoms with Gasteiger partial charge in [0.1, 0.15) is 0 Å². The molecule has 0 saturated carbocycles. The van der Waals surface area contributed by atoms with E-state index in [-0.39, 0.29) is 22.7 Å². The van der Waals surface area contributed by atoms with Gasteiger partial charge < -0.3 is 10.2 Å². The van der Waals surface area contributed by atoms with E-state index in [2.05, 4.69) is 15.9 Å². The third-order valence-electron chi connectivity index (χ3n) is 4.13. The van der Waals surface area contributed by atoms with E-state index < -0.39 is 11.5 Å². The average molecular weight is 427 g/mol. The first kappa shape index (κ1) is 16.9. The Bertz CT molecular complexity index is 1070. The first-order chi connectivity index (χ1) is 12.4. The maximum atomic E-state index is 12.8. The molecule has 6 heteroatoms. The van der Waals surface area contributed by atoms with Crippen LogP contribution in [0.2, 0.25) is 0 Å². The highest BCUT2D eigenvalue weighted by atomic mass is 79.9. The van der Waals surface area contributed by atoms with Crippen LogP contribution in [0, 0.1) is 0 Å². The summed E-state index contributed by atoms with van der Waals surface area (Å²) < 4.78 is 0.979. The Kier molecular flexibility index (Phi) is 4.09. The third-order valence-corrected chi connectivity index (χ3v) is 5.66. The largest absolute Gasteiger partial charge is 0.504 e. The highest BCUT2D eigenvalue weighted by molar-refractivity contribution is 9.10. The van der Waals surface area contributed by atoms with E-state index in [0.717, 1.165) is 26.4 Å². The van der Waals surface area contributed by atoms with Gasteiger partial charge in [-0.15, -0.1) is 0 Å². The lowest BCUT2D eigenvalue weighted by molar-refractivity contribution is 0.0978. The zero-order chi connectivity index (χ0) is 18.4. The fourth-order valence-electron chi connectivity index (χ4n) is 2.85. The predicted octanol–water partition coefficient (Wildman–Crippen LogP) is 4.79. The fraction of sp³-hybridized carbons (Fsp3) is 0. The number of phenolic OH excluding ortho intramolecular Hbond substituents is 2. The normalized spacial score (nSPS) is 12.7. The number of hydrogen-bond acceptors (Lipinski definition) is 5. The Morgan fingerprint density at radius 1 is 0.654 bits per heavy atom. The predicted molar refractivity (Wildman–Crippen MR) is 101 cm³/mol. The Morgan fingerprint density at radius 3 is 1.77 bits per heavy atom. The summed E-state index contributed by atoms with van der Waals surface area (Å²) in [6.45, 7) is 0. The number of benzene rings is 3. The summed E-state index contributed by atoms with van der Waals surface area (Å²) in [4.78, 5) is 27.3. The molecule has 0 saturated heterocycles. The van der Waals surface area contributed by atoms with Gasteiger partial charge in [0.25, 0.3) is 0 Å². The van der Waals surface area contributed by atoms with Crippen molar-refractivity contribution in [2.75, 3.05) is 0 Å². The molecule has 0 aromatic heterocycles. The molecular weight excluding hydrogens is 416 g/mol. The van der Waals surface area contributed by atoms with Crippen LogP contribution in [0.15, 0.2) is 68.9 Å². The van der Waals surface area contributed by atoms with Gasteiger partial charge in [0, 0.05) is 36.5 Å². The second-order valence-electron chi connectivity index (χ2n) is 5.81. The van der Waals surface area contributed by atoms with E-state index >= 15 is 0 Å². The van der Waals surface area contributed by atoms with Crippen molar-refractivity contribution < 1.29 is 19.8 Å². The number of phenols is 2. The molecule has 3 aromatic rings. The molecule has 1 aliphatic rings. The van der Waals surface area contributed by atoms with Crippen molar-refractivity contribution in [1.29, 1.82) is 0 Å². The van der Waals surface area contributed by atoms with Crippen LogP contribution >= 0.6 is 27.7 Å². The van der Waals surface area contributed by atoms with Gasteiger partial charge >= 0.3 is 0 Å². The summed E-state index contributed by atoms with van der Waals surface area (Å²) >= 11 is 4.88. The van der Waals surface area contributed by atoms with Gasteiger partial charge in [-0.05, 0) is 54.6 Å². The first-order valence-corrected chi connectivity index (χ1v) is 9.28. The smallest absolute Gasteiger partial charge is 0.194 e. The second-order valence-corrected chi connectivity index (χ2v) is 7.87. The van der Waals surface area contributed by atoms with Crippen molar-refractivity contribution in [2.45, 2.75) is 9.79 Å². The van der Waals surface area contributed by atoms with E-state index in [1.54, 1.807) is 18.2 Å². The Balaban J connectivity index is 1.76. The number of aromatic hydroxyl groups is 2. The number of fused-ring (bicyclic) bond motifs is 2. The standard InChI is InChI=1S/C20H11BrO4S/c21-10-1-3-11(4-2-10)26-12-5-6-13-14(7-12)20(25)16-9-18(23)17(22)8-15(16)19(13)24/h1-9,22-23H. The number of carbonyl (C=O) groups is 2. The molecule has 0 unspecified atom stereocenters. The van der Waals surface area contributed by atoms with Crippen molar-refractivity contribution in [3.63, 3.8) is 0 Å². The minimum atomic E-state index is -0.422. The lowest BCUT2D eigenvalue weighted by Crippen LogP contribution is -2.20. The summed E-state index contributed by atoms with van der Waals surface area (Å²) in [5.41, 5.74) is 0.803. The molecule has 2 N–H and O–H groups in total. The topological polar surface area (TPSA) is 74.6 Å². The monoisotopic (exact) mass is 426 g/mol. The number of carbonyl (C=O) groups excluding carboxylic acids is 2. The van der Waals surface area contributed by atoms with Crippen LogP contribution in [0.25, 0.3) is 0 Å². The summed E-state index contributed by atoms with van der Waals surface area (Å²) in [7, 11) is 0. The lowest BCUT2D eigenvalue weighted by Gasteiger charge is -2.18. The van der Waals surface area contributed by atoms with Gasteiger partial charge in [-0.25, -0.2) is 0 Å². The van der Waals surface area contributed by atoms with Gasteiger partial charge in [0.2, 0.25) is 0 Å². The third kappa shape index (κ3) is 2.81. The minimum absolute atomic E-state index is 0.101. The van der Waals surface area contributed by atoms with E-state index in [4.69, 9.17) is 0 Å². The van der Waals surface area contributed by atoms with Crippen LogP contribution in [-0.4, -0.2) is 21.8 Å². The summed E-state index contributed by atoms with van der Waals surface area (Å²) in [5.74, 6) is -1.53. The van der Waals surface area contributed by atoms with E-state index in [0.29, 0.717) is 11.1 Å². The highest BCUT2D eigenvalue weighted by Gasteiger charge is 2.31. The molecule has 0 fully saturated rings. The zero-order valence-electron chi connectivity index (χ0n) is 13.2. The maximum Gasteiger partial charge on any atom is 0.194 e. The minimum Gasteiger partial charge on any atom is -0.504 e. The molecule has 26 heavy (non-hydrogen) atoms. The van der Waals surface area contributed by atoms with Crippen molar-refractivity contribution in [3.05, 3.63) is 81.3 Å². The number of hydrogen-bond donors (Lipinski definition) is 2. The molecule has 0 aliphatic heterocycles. The summed E-state index contributed by atoms with van der Waals surface area (Å²) in [6, 6.07) is 15.2. The van der Waals surface area contributed by atoms with Gasteiger partial charge in [-0.2, -0.15) is 0 Å². The molecule has 4 rings (SSSR count). The Morgan fingerprint density at radius 2 is 1.15 bits per heavy atom. The number of halogens is 1. The zero-order valence-corrected chi connectivity index (χ0v) is 15.6. The van der Waals surface area contributed by atoms with Gasteiger partial charge in [0.05, 0.1) is 0 Å². The van der Waals surface area contributed by atoms with Gasteiger partial charge in [-0.3, -0.25) is 9.59 Å². The van der Waals surface area contributed by atoms with Crippen molar-refractivity contribution >= 4 is 39.3 Å². The quantitative estimate of drug-likeness (QED) is 0.450. The van der Waals surface area contributed by atoms with E-state index in [1.807, 2.05) is 24.3 Å². The van der Waals surface area contributed by atoms with Crippen LogP contribution in [0.4, 0.5) is 0 Å². The first-order valence-electron chi connectivity index (χ1n) is 7.67. The fourth-order valence-corrected chi connectivity index (χ4v) is 3.98. The Labute approximate surface area is 161 Å². The molecule has 4 nitrogen and oxygen atoms in total. The molecule has 3 aromatic carbocycles. The molecule has 0 heterocycles. The number of ketones is 2. The summed E-state index contributed by atoms with van der Waals surface area (Å²) in [5, 5.41) is 19.3. The van der Waals surface area contributed by atoms with E-state index in [9.17, 15) is 19.8 Å². The second kappa shape index (κ2) is 6.30. The van der Waals surface area contributed by atoms with Crippen molar-refractivity contribution in [2.24, 2.45) is 0 Å². The average Bonchev–Trinajstić information content (AvgIpc) is 2.63. The van der Waals surface area contributed by atoms with Crippen LogP contribution in [0.1, 0.15) is 31.8 Å². The molecule has 0 spiro atoms. The maximum absolute atomic E-state index is 12.8. The molecule has 0 radical (unpaired) electrons. The highest BCUT2D eigenvalue weighted by Crippen LogP contribution is 2.37. The van der Waals surface area contributed by atoms with Gasteiger partial charge in [0.15, 0.2) is 23.1 Å².